The van der Waals surface area contributed by atoms with Gasteiger partial charge in [-0.3, -0.25) is 0 Å². The number of phenolic OH excluding ortho intramolecular Hbond substituents is 1. The number of rotatable bonds is 1. The van der Waals surface area contributed by atoms with Gasteiger partial charge in [0.05, 0.1) is 0 Å². The van der Waals surface area contributed by atoms with E-state index in [0.717, 1.165) is 18.7 Å². The van der Waals surface area contributed by atoms with Gasteiger partial charge in [-0.2, -0.15) is 0 Å². The lowest BCUT2D eigenvalue weighted by atomic mass is 10.1. The van der Waals surface area contributed by atoms with Gasteiger partial charge in [-0.1, -0.05) is 6.07 Å². The lowest BCUT2D eigenvalue weighted by Gasteiger charge is -2.30. The predicted molar refractivity (Wildman–Crippen MR) is 58.9 cm³/mol. The van der Waals surface area contributed by atoms with Crippen LogP contribution in [0, 0.1) is 6.92 Å². The van der Waals surface area contributed by atoms with Gasteiger partial charge in [-0.05, 0) is 38.3 Å². The van der Waals surface area contributed by atoms with Crippen LogP contribution in [0.15, 0.2) is 18.2 Å². The Morgan fingerprint density at radius 3 is 2.57 bits per heavy atom. The topological polar surface area (TPSA) is 23.5 Å². The molecule has 0 spiro atoms. The summed E-state index contributed by atoms with van der Waals surface area (Å²) in [5, 5.41) is 9.60. The van der Waals surface area contributed by atoms with E-state index in [1.807, 2.05) is 13.0 Å². The van der Waals surface area contributed by atoms with Crippen molar-refractivity contribution in [1.82, 2.24) is 0 Å². The summed E-state index contributed by atoms with van der Waals surface area (Å²) in [6.07, 6.45) is 3.89. The van der Waals surface area contributed by atoms with Crippen LogP contribution in [0.1, 0.15) is 24.8 Å². The van der Waals surface area contributed by atoms with Crippen LogP contribution in [0.4, 0.5) is 5.69 Å². The van der Waals surface area contributed by atoms with E-state index in [1.165, 1.54) is 24.9 Å². The highest BCUT2D eigenvalue weighted by atomic mass is 16.3. The zero-order valence-electron chi connectivity index (χ0n) is 8.66. The van der Waals surface area contributed by atoms with Gasteiger partial charge in [-0.25, -0.2) is 0 Å². The van der Waals surface area contributed by atoms with E-state index in [0.29, 0.717) is 5.75 Å². The van der Waals surface area contributed by atoms with Gasteiger partial charge >= 0.3 is 0 Å². The van der Waals surface area contributed by atoms with E-state index in [4.69, 9.17) is 0 Å². The maximum atomic E-state index is 9.60. The Morgan fingerprint density at radius 2 is 1.86 bits per heavy atom. The Labute approximate surface area is 85.2 Å². The fourth-order valence-electron chi connectivity index (χ4n) is 2.09. The monoisotopic (exact) mass is 191 g/mol. The maximum absolute atomic E-state index is 9.60. The third-order valence-electron chi connectivity index (χ3n) is 2.97. The third kappa shape index (κ3) is 1.69. The lowest BCUT2D eigenvalue weighted by molar-refractivity contribution is 0.470. The molecule has 1 aliphatic rings. The van der Waals surface area contributed by atoms with E-state index in [9.17, 15) is 5.11 Å². The predicted octanol–water partition coefficient (Wildman–Crippen LogP) is 2.69. The maximum Gasteiger partial charge on any atom is 0.120 e. The summed E-state index contributed by atoms with van der Waals surface area (Å²) in [6.45, 7) is 4.24. The Balaban J connectivity index is 2.26. The van der Waals surface area contributed by atoms with Crippen molar-refractivity contribution >= 4 is 5.69 Å². The van der Waals surface area contributed by atoms with Crippen LogP contribution in [-0.2, 0) is 0 Å². The van der Waals surface area contributed by atoms with Crippen LogP contribution in [-0.4, -0.2) is 18.2 Å². The molecule has 1 heterocycles. The van der Waals surface area contributed by atoms with Gasteiger partial charge < -0.3 is 10.0 Å². The first-order chi connectivity index (χ1) is 6.79. The first kappa shape index (κ1) is 9.38. The Kier molecular flexibility index (Phi) is 2.62. The summed E-state index contributed by atoms with van der Waals surface area (Å²) in [6, 6.07) is 5.77. The summed E-state index contributed by atoms with van der Waals surface area (Å²) in [5.41, 5.74) is 2.21. The summed E-state index contributed by atoms with van der Waals surface area (Å²) in [7, 11) is 0. The molecular weight excluding hydrogens is 174 g/mol. The molecule has 0 bridgehead atoms. The number of anilines is 1. The number of piperidine rings is 1. The Bertz CT molecular complexity index is 316. The molecule has 1 saturated heterocycles. The number of hydrogen-bond donors (Lipinski definition) is 1. The van der Waals surface area contributed by atoms with Crippen molar-refractivity contribution in [1.29, 1.82) is 0 Å². The van der Waals surface area contributed by atoms with Crippen molar-refractivity contribution in [2.45, 2.75) is 26.2 Å². The minimum absolute atomic E-state index is 0.410. The second-order valence-electron chi connectivity index (χ2n) is 3.97. The van der Waals surface area contributed by atoms with Crippen molar-refractivity contribution in [3.63, 3.8) is 0 Å². The molecule has 1 N–H and O–H groups in total. The fraction of sp³-hybridized carbons (Fsp3) is 0.500. The summed E-state index contributed by atoms with van der Waals surface area (Å²) in [5.74, 6) is 0.410. The Hall–Kier alpha value is -1.18. The van der Waals surface area contributed by atoms with Crippen molar-refractivity contribution < 1.29 is 5.11 Å². The molecule has 0 aliphatic carbocycles. The Morgan fingerprint density at radius 1 is 1.14 bits per heavy atom. The first-order valence-corrected chi connectivity index (χ1v) is 5.32. The molecule has 0 amide bonds. The van der Waals surface area contributed by atoms with Crippen molar-refractivity contribution in [2.75, 3.05) is 18.0 Å². The molecule has 0 saturated carbocycles. The summed E-state index contributed by atoms with van der Waals surface area (Å²) < 4.78 is 0. The summed E-state index contributed by atoms with van der Waals surface area (Å²) in [4.78, 5) is 2.37. The lowest BCUT2D eigenvalue weighted by Crippen LogP contribution is -2.29. The highest BCUT2D eigenvalue weighted by Gasteiger charge is 2.13. The van der Waals surface area contributed by atoms with Crippen LogP contribution in [0.25, 0.3) is 0 Å². The third-order valence-corrected chi connectivity index (χ3v) is 2.97. The highest BCUT2D eigenvalue weighted by Crippen LogP contribution is 2.29. The molecule has 2 nitrogen and oxygen atoms in total. The molecule has 14 heavy (non-hydrogen) atoms. The number of nitrogens with zero attached hydrogens (tertiary/aromatic N) is 1. The molecule has 1 aliphatic heterocycles. The number of benzene rings is 1. The standard InChI is InChI=1S/C12H17NO/c1-10-11(6-5-7-12(10)14)13-8-3-2-4-9-13/h5-7,14H,2-4,8-9H2,1H3. The van der Waals surface area contributed by atoms with E-state index < -0.39 is 0 Å². The van der Waals surface area contributed by atoms with Gasteiger partial charge in [0, 0.05) is 24.3 Å². The molecule has 0 radical (unpaired) electrons. The molecule has 0 atom stereocenters. The molecule has 0 unspecified atom stereocenters. The molecule has 2 rings (SSSR count). The molecule has 76 valence electrons. The molecule has 2 heteroatoms. The summed E-state index contributed by atoms with van der Waals surface area (Å²) >= 11 is 0. The van der Waals surface area contributed by atoms with Crippen LogP contribution in [0.2, 0.25) is 0 Å². The van der Waals surface area contributed by atoms with Crippen LogP contribution in [0.5, 0.6) is 5.75 Å². The van der Waals surface area contributed by atoms with Gasteiger partial charge in [-0.15, -0.1) is 0 Å². The van der Waals surface area contributed by atoms with Gasteiger partial charge in [0.15, 0.2) is 0 Å². The van der Waals surface area contributed by atoms with E-state index >= 15 is 0 Å². The van der Waals surface area contributed by atoms with E-state index in [2.05, 4.69) is 11.0 Å². The minimum atomic E-state index is 0.410. The average molecular weight is 191 g/mol. The average Bonchev–Trinajstić information content (AvgIpc) is 2.23. The second kappa shape index (κ2) is 3.91. The zero-order chi connectivity index (χ0) is 9.97. The minimum Gasteiger partial charge on any atom is -0.508 e. The molecule has 1 fully saturated rings. The van der Waals surface area contributed by atoms with E-state index in [1.54, 1.807) is 6.07 Å². The molecule has 0 aromatic heterocycles. The van der Waals surface area contributed by atoms with Crippen molar-refractivity contribution in [3.05, 3.63) is 23.8 Å². The zero-order valence-corrected chi connectivity index (χ0v) is 8.66. The molecular formula is C12H17NO. The number of hydrogen-bond acceptors (Lipinski definition) is 2. The highest BCUT2D eigenvalue weighted by molar-refractivity contribution is 5.58. The SMILES string of the molecule is Cc1c(O)cccc1N1CCCCC1. The normalized spacial score (nSPS) is 17.1. The molecule has 1 aromatic rings. The second-order valence-corrected chi connectivity index (χ2v) is 3.97. The van der Waals surface area contributed by atoms with E-state index in [-0.39, 0.29) is 0 Å². The first-order valence-electron chi connectivity index (χ1n) is 5.32. The van der Waals surface area contributed by atoms with Crippen molar-refractivity contribution in [2.24, 2.45) is 0 Å². The van der Waals surface area contributed by atoms with Crippen LogP contribution < -0.4 is 4.90 Å². The number of phenols is 1. The van der Waals surface area contributed by atoms with Crippen LogP contribution in [0.3, 0.4) is 0 Å². The largest absolute Gasteiger partial charge is 0.508 e. The number of aromatic hydroxyl groups is 1. The van der Waals surface area contributed by atoms with Crippen molar-refractivity contribution in [3.8, 4) is 5.75 Å². The quantitative estimate of drug-likeness (QED) is 0.737. The van der Waals surface area contributed by atoms with Gasteiger partial charge in [0.2, 0.25) is 0 Å². The van der Waals surface area contributed by atoms with Gasteiger partial charge in [0.25, 0.3) is 0 Å². The fourth-order valence-corrected chi connectivity index (χ4v) is 2.09. The molecule has 1 aromatic carbocycles. The smallest absolute Gasteiger partial charge is 0.120 e. The van der Waals surface area contributed by atoms with Crippen LogP contribution >= 0.6 is 0 Å². The van der Waals surface area contributed by atoms with Gasteiger partial charge in [0.1, 0.15) is 5.75 Å².